The highest BCUT2D eigenvalue weighted by Gasteiger charge is 2.44. The molecule has 1 saturated heterocycles. The average Bonchev–Trinajstić information content (AvgIpc) is 3.26. The van der Waals surface area contributed by atoms with Gasteiger partial charge in [0.25, 0.3) is 0 Å². The van der Waals surface area contributed by atoms with Gasteiger partial charge in [0, 0.05) is 36.1 Å². The van der Waals surface area contributed by atoms with Crippen molar-refractivity contribution in [2.45, 2.75) is 44.3 Å². The van der Waals surface area contributed by atoms with E-state index in [2.05, 4.69) is 15.0 Å². The van der Waals surface area contributed by atoms with E-state index in [1.165, 1.54) is 24.5 Å². The van der Waals surface area contributed by atoms with Crippen LogP contribution in [0.1, 0.15) is 53.3 Å². The zero-order chi connectivity index (χ0) is 27.5. The predicted octanol–water partition coefficient (Wildman–Crippen LogP) is 7.49. The van der Waals surface area contributed by atoms with Gasteiger partial charge >= 0.3 is 5.97 Å². The van der Waals surface area contributed by atoms with Gasteiger partial charge in [0.15, 0.2) is 10.9 Å². The molecule has 40 heavy (non-hydrogen) atoms. The smallest absolute Gasteiger partial charge is 0.338 e. The molecule has 2 aromatic carbocycles. The van der Waals surface area contributed by atoms with Gasteiger partial charge in [0.2, 0.25) is 0 Å². The maximum Gasteiger partial charge on any atom is 0.338 e. The SMILES string of the molecule is COC(=O)c1cc(F)c2nc(N3C[C@@H]4CCC(OCc5c(-c6c(Cl)cccc6Cl)noc5C5CC5)[C@@H]4C3)sc2c1. The number of carbonyl (C=O) groups excluding carboxylic acids is 1. The van der Waals surface area contributed by atoms with Crippen molar-refractivity contribution in [3.8, 4) is 11.3 Å². The highest BCUT2D eigenvalue weighted by Crippen LogP contribution is 2.47. The molecule has 0 spiro atoms. The lowest BCUT2D eigenvalue weighted by atomic mass is 9.99. The van der Waals surface area contributed by atoms with E-state index in [4.69, 9.17) is 37.2 Å². The number of ether oxygens (including phenoxy) is 2. The van der Waals surface area contributed by atoms with Crippen molar-refractivity contribution >= 4 is 55.9 Å². The fourth-order valence-corrected chi connectivity index (χ4v) is 7.78. The molecule has 7 nitrogen and oxygen atoms in total. The van der Waals surface area contributed by atoms with E-state index in [0.717, 1.165) is 55.2 Å². The van der Waals surface area contributed by atoms with Gasteiger partial charge in [0.05, 0.1) is 40.1 Å². The highest BCUT2D eigenvalue weighted by molar-refractivity contribution is 7.22. The Labute approximate surface area is 244 Å². The third-order valence-electron chi connectivity index (χ3n) is 8.33. The molecule has 0 N–H and O–H groups in total. The topological polar surface area (TPSA) is 77.7 Å². The van der Waals surface area contributed by atoms with Crippen LogP contribution in [0.4, 0.5) is 9.52 Å². The van der Waals surface area contributed by atoms with Crippen LogP contribution in [-0.4, -0.2) is 42.4 Å². The lowest BCUT2D eigenvalue weighted by molar-refractivity contribution is 0.0164. The van der Waals surface area contributed by atoms with Crippen molar-refractivity contribution in [2.24, 2.45) is 11.8 Å². The van der Waals surface area contributed by atoms with E-state index in [1.54, 1.807) is 18.2 Å². The minimum absolute atomic E-state index is 0.0727. The van der Waals surface area contributed by atoms with Crippen molar-refractivity contribution in [1.82, 2.24) is 10.1 Å². The first-order valence-corrected chi connectivity index (χ1v) is 15.0. The van der Waals surface area contributed by atoms with E-state index < -0.39 is 11.8 Å². The van der Waals surface area contributed by atoms with Crippen LogP contribution in [-0.2, 0) is 16.1 Å². The highest BCUT2D eigenvalue weighted by atomic mass is 35.5. The van der Waals surface area contributed by atoms with Crippen LogP contribution in [0.25, 0.3) is 21.5 Å². The number of rotatable bonds is 7. The Hall–Kier alpha value is -2.72. The number of benzene rings is 2. The van der Waals surface area contributed by atoms with Crippen LogP contribution in [0, 0.1) is 17.7 Å². The average molecular weight is 603 g/mol. The molecule has 11 heteroatoms. The Morgan fingerprint density at radius 1 is 1.18 bits per heavy atom. The summed E-state index contributed by atoms with van der Waals surface area (Å²) in [5, 5.41) is 6.20. The lowest BCUT2D eigenvalue weighted by Gasteiger charge is -2.21. The summed E-state index contributed by atoms with van der Waals surface area (Å²) < 4.78 is 32.5. The van der Waals surface area contributed by atoms with E-state index in [9.17, 15) is 9.18 Å². The van der Waals surface area contributed by atoms with Gasteiger partial charge < -0.3 is 18.9 Å². The first kappa shape index (κ1) is 26.2. The number of methoxy groups -OCH3 is 1. The zero-order valence-electron chi connectivity index (χ0n) is 21.7. The number of hydrogen-bond donors (Lipinski definition) is 0. The number of hydrogen-bond acceptors (Lipinski definition) is 8. The lowest BCUT2D eigenvalue weighted by Crippen LogP contribution is -2.26. The van der Waals surface area contributed by atoms with E-state index in [0.29, 0.717) is 50.4 Å². The molecule has 0 amide bonds. The Kier molecular flexibility index (Phi) is 6.73. The van der Waals surface area contributed by atoms with Crippen LogP contribution in [0.5, 0.6) is 0 Å². The van der Waals surface area contributed by atoms with E-state index >= 15 is 0 Å². The molecule has 3 heterocycles. The van der Waals surface area contributed by atoms with E-state index in [-0.39, 0.29) is 17.2 Å². The second kappa shape index (κ2) is 10.3. The molecule has 2 saturated carbocycles. The molecule has 7 rings (SSSR count). The number of carbonyl (C=O) groups is 1. The molecule has 3 aliphatic rings. The van der Waals surface area contributed by atoms with Crippen molar-refractivity contribution in [2.75, 3.05) is 25.1 Å². The normalized spacial score (nSPS) is 22.3. The summed E-state index contributed by atoms with van der Waals surface area (Å²) in [7, 11) is 1.28. The summed E-state index contributed by atoms with van der Waals surface area (Å²) in [6.07, 6.45) is 4.26. The largest absolute Gasteiger partial charge is 0.465 e. The molecule has 1 aliphatic heterocycles. The molecule has 3 atom stereocenters. The van der Waals surface area contributed by atoms with Gasteiger partial charge in [-0.3, -0.25) is 0 Å². The van der Waals surface area contributed by atoms with Gasteiger partial charge in [-0.05, 0) is 55.9 Å². The summed E-state index contributed by atoms with van der Waals surface area (Å²) >= 11 is 14.4. The predicted molar refractivity (Wildman–Crippen MR) is 152 cm³/mol. The third kappa shape index (κ3) is 4.57. The van der Waals surface area contributed by atoms with Crippen molar-refractivity contribution in [1.29, 1.82) is 0 Å². The quantitative estimate of drug-likeness (QED) is 0.203. The second-order valence-corrected chi connectivity index (χ2v) is 12.6. The maximum absolute atomic E-state index is 14.7. The van der Waals surface area contributed by atoms with Crippen molar-refractivity contribution in [3.63, 3.8) is 0 Å². The zero-order valence-corrected chi connectivity index (χ0v) is 24.0. The van der Waals surface area contributed by atoms with Gasteiger partial charge in [-0.25, -0.2) is 14.2 Å². The number of halogens is 3. The Balaban J connectivity index is 1.10. The third-order valence-corrected chi connectivity index (χ3v) is 10.0. The van der Waals surface area contributed by atoms with Gasteiger partial charge in [0.1, 0.15) is 17.0 Å². The Bertz CT molecular complexity index is 1600. The monoisotopic (exact) mass is 601 g/mol. The van der Waals surface area contributed by atoms with E-state index in [1.807, 2.05) is 6.07 Å². The summed E-state index contributed by atoms with van der Waals surface area (Å²) in [5.74, 6) is 0.948. The number of thiazole rings is 1. The number of nitrogens with zero attached hydrogens (tertiary/aromatic N) is 3. The maximum atomic E-state index is 14.7. The fraction of sp³-hybridized carbons (Fsp3) is 0.414. The molecule has 2 aromatic heterocycles. The summed E-state index contributed by atoms with van der Waals surface area (Å²) in [6.45, 7) is 2.00. The molecule has 208 valence electrons. The fourth-order valence-electron chi connectivity index (χ4n) is 6.17. The van der Waals surface area contributed by atoms with Gasteiger partial charge in [-0.2, -0.15) is 0 Å². The molecule has 2 aliphatic carbocycles. The summed E-state index contributed by atoms with van der Waals surface area (Å²) in [6, 6.07) is 8.25. The van der Waals surface area contributed by atoms with Crippen LogP contribution < -0.4 is 4.90 Å². The molecule has 3 fully saturated rings. The second-order valence-electron chi connectivity index (χ2n) is 10.8. The van der Waals surface area contributed by atoms with Crippen molar-refractivity contribution < 1.29 is 23.2 Å². The minimum atomic E-state index is -0.566. The van der Waals surface area contributed by atoms with Crippen LogP contribution >= 0.6 is 34.5 Å². The molecule has 0 radical (unpaired) electrons. The summed E-state index contributed by atoms with van der Waals surface area (Å²) in [5.41, 5.74) is 2.73. The number of esters is 1. The molecule has 0 bridgehead atoms. The summed E-state index contributed by atoms with van der Waals surface area (Å²) in [4.78, 5) is 18.7. The first-order chi connectivity index (χ1) is 19.4. The van der Waals surface area contributed by atoms with Crippen molar-refractivity contribution in [3.05, 3.63) is 63.1 Å². The Morgan fingerprint density at radius 3 is 2.73 bits per heavy atom. The molecule has 4 aromatic rings. The van der Waals surface area contributed by atoms with Crippen LogP contribution in [0.2, 0.25) is 10.0 Å². The van der Waals surface area contributed by atoms with Gasteiger partial charge in [-0.15, -0.1) is 0 Å². The number of fused-ring (bicyclic) bond motifs is 2. The first-order valence-electron chi connectivity index (χ1n) is 13.4. The Morgan fingerprint density at radius 2 is 1.98 bits per heavy atom. The van der Waals surface area contributed by atoms with Gasteiger partial charge in [-0.1, -0.05) is 45.8 Å². The molecular formula is C29H26Cl2FN3O4S. The van der Waals surface area contributed by atoms with Crippen LogP contribution in [0.15, 0.2) is 34.9 Å². The number of aromatic nitrogens is 2. The molecular weight excluding hydrogens is 576 g/mol. The molecule has 1 unspecified atom stereocenters. The standard InChI is InChI=1S/C29H26Cl2FN3O4S/c1-37-28(36)16-9-21(32)26-23(10-16)40-29(33-26)35-11-15-7-8-22(17(15)12-35)38-13-18-25(34-39-27(18)14-5-6-14)24-19(30)3-2-4-20(24)31/h2-4,9-10,14-15,17,22H,5-8,11-13H2,1H3/t15-,17+,22?/m0/s1. The van der Waals surface area contributed by atoms with Crippen LogP contribution in [0.3, 0.4) is 0 Å². The number of anilines is 1. The minimum Gasteiger partial charge on any atom is -0.465 e.